The predicted molar refractivity (Wildman–Crippen MR) is 117 cm³/mol. The quantitative estimate of drug-likeness (QED) is 0.649. The van der Waals surface area contributed by atoms with Crippen molar-refractivity contribution in [3.05, 3.63) is 51.7 Å². The molecular formula is C21H24N6OS. The van der Waals surface area contributed by atoms with Gasteiger partial charge in [-0.3, -0.25) is 4.79 Å². The van der Waals surface area contributed by atoms with E-state index in [0.29, 0.717) is 4.88 Å². The first kappa shape index (κ1) is 19.3. The Morgan fingerprint density at radius 3 is 2.34 bits per heavy atom. The van der Waals surface area contributed by atoms with Gasteiger partial charge in [0.25, 0.3) is 5.91 Å². The van der Waals surface area contributed by atoms with Gasteiger partial charge in [-0.25, -0.2) is 15.0 Å². The molecule has 150 valence electrons. The van der Waals surface area contributed by atoms with Crippen molar-refractivity contribution in [1.82, 2.24) is 15.0 Å². The van der Waals surface area contributed by atoms with Gasteiger partial charge in [-0.15, -0.1) is 11.3 Å². The van der Waals surface area contributed by atoms with Crippen molar-refractivity contribution in [1.29, 1.82) is 0 Å². The first-order valence-corrected chi connectivity index (χ1v) is 10.5. The molecule has 1 fully saturated rings. The monoisotopic (exact) mass is 408 g/mol. The molecule has 3 aromatic rings. The van der Waals surface area contributed by atoms with E-state index in [1.165, 1.54) is 24.2 Å². The van der Waals surface area contributed by atoms with E-state index in [4.69, 9.17) is 0 Å². The van der Waals surface area contributed by atoms with E-state index in [1.807, 2.05) is 51.1 Å². The number of carbonyl (C=O) groups excluding carboxylic acids is 1. The fourth-order valence-electron chi connectivity index (χ4n) is 3.44. The third-order valence-corrected chi connectivity index (χ3v) is 5.85. The molecule has 0 aliphatic carbocycles. The Kier molecular flexibility index (Phi) is 5.44. The van der Waals surface area contributed by atoms with Crippen LogP contribution in [0.15, 0.2) is 30.3 Å². The highest BCUT2D eigenvalue weighted by molar-refractivity contribution is 7.13. The van der Waals surface area contributed by atoms with Gasteiger partial charge in [0.1, 0.15) is 22.3 Å². The van der Waals surface area contributed by atoms with Crippen LogP contribution in [0.25, 0.3) is 0 Å². The van der Waals surface area contributed by atoms with Gasteiger partial charge in [0.2, 0.25) is 0 Å². The van der Waals surface area contributed by atoms with E-state index >= 15 is 0 Å². The number of amides is 1. The van der Waals surface area contributed by atoms with Crippen molar-refractivity contribution >= 4 is 40.3 Å². The van der Waals surface area contributed by atoms with Gasteiger partial charge in [-0.2, -0.15) is 0 Å². The Morgan fingerprint density at radius 2 is 1.69 bits per heavy atom. The van der Waals surface area contributed by atoms with Crippen molar-refractivity contribution < 1.29 is 4.79 Å². The lowest BCUT2D eigenvalue weighted by Crippen LogP contribution is -2.19. The number of hydrogen-bond donors (Lipinski definition) is 2. The van der Waals surface area contributed by atoms with Crippen LogP contribution in [0, 0.1) is 20.8 Å². The normalized spacial score (nSPS) is 13.6. The Morgan fingerprint density at radius 1 is 1.00 bits per heavy atom. The lowest BCUT2D eigenvalue weighted by atomic mass is 10.2. The number of nitrogens with one attached hydrogen (secondary N) is 2. The summed E-state index contributed by atoms with van der Waals surface area (Å²) >= 11 is 1.41. The van der Waals surface area contributed by atoms with Crippen molar-refractivity contribution in [2.75, 3.05) is 28.6 Å². The topological polar surface area (TPSA) is 83.0 Å². The number of aromatic nitrogens is 3. The lowest BCUT2D eigenvalue weighted by Gasteiger charge is -2.18. The summed E-state index contributed by atoms with van der Waals surface area (Å²) in [6.07, 6.45) is 2.42. The maximum absolute atomic E-state index is 12.4. The van der Waals surface area contributed by atoms with Gasteiger partial charge in [-0.1, -0.05) is 0 Å². The molecule has 1 saturated heterocycles. The van der Waals surface area contributed by atoms with Crippen LogP contribution in [0.5, 0.6) is 0 Å². The van der Waals surface area contributed by atoms with Gasteiger partial charge in [0.05, 0.1) is 10.7 Å². The molecule has 2 aromatic heterocycles. The third kappa shape index (κ3) is 4.54. The van der Waals surface area contributed by atoms with Crippen LogP contribution in [0.2, 0.25) is 0 Å². The summed E-state index contributed by atoms with van der Waals surface area (Å²) < 4.78 is 0. The molecule has 8 heteroatoms. The Labute approximate surface area is 174 Å². The third-order valence-electron chi connectivity index (χ3n) is 4.78. The number of nitrogens with zero attached hydrogens (tertiary/aromatic N) is 4. The molecule has 1 aliphatic rings. The van der Waals surface area contributed by atoms with Gasteiger partial charge < -0.3 is 15.5 Å². The summed E-state index contributed by atoms with van der Waals surface area (Å²) in [5, 5.41) is 7.15. The van der Waals surface area contributed by atoms with Gasteiger partial charge in [0, 0.05) is 30.5 Å². The molecule has 7 nitrogen and oxygen atoms in total. The van der Waals surface area contributed by atoms with E-state index in [1.54, 1.807) is 0 Å². The molecule has 1 amide bonds. The van der Waals surface area contributed by atoms with Crippen molar-refractivity contribution in [3.8, 4) is 0 Å². The van der Waals surface area contributed by atoms with Gasteiger partial charge in [-0.05, 0) is 57.9 Å². The zero-order chi connectivity index (χ0) is 20.4. The highest BCUT2D eigenvalue weighted by atomic mass is 32.1. The summed E-state index contributed by atoms with van der Waals surface area (Å²) in [4.78, 5) is 28.8. The molecule has 29 heavy (non-hydrogen) atoms. The second-order valence-electron chi connectivity index (χ2n) is 7.16. The minimum Gasteiger partial charge on any atom is -0.356 e. The largest absolute Gasteiger partial charge is 0.356 e. The molecule has 0 saturated carbocycles. The lowest BCUT2D eigenvalue weighted by molar-refractivity contribution is 0.103. The van der Waals surface area contributed by atoms with Gasteiger partial charge >= 0.3 is 0 Å². The molecular weight excluding hydrogens is 384 g/mol. The predicted octanol–water partition coefficient (Wildman–Crippen LogP) is 4.45. The first-order valence-electron chi connectivity index (χ1n) is 9.71. The van der Waals surface area contributed by atoms with E-state index < -0.39 is 0 Å². The average Bonchev–Trinajstić information content (AvgIpc) is 3.32. The maximum Gasteiger partial charge on any atom is 0.267 e. The summed E-state index contributed by atoms with van der Waals surface area (Å²) in [7, 11) is 0. The van der Waals surface area contributed by atoms with E-state index in [0.717, 1.165) is 52.6 Å². The summed E-state index contributed by atoms with van der Waals surface area (Å²) in [5.41, 5.74) is 2.40. The number of aryl methyl sites for hydroxylation is 3. The first-order chi connectivity index (χ1) is 14.0. The average molecular weight is 409 g/mol. The van der Waals surface area contributed by atoms with E-state index in [-0.39, 0.29) is 5.91 Å². The van der Waals surface area contributed by atoms with E-state index in [2.05, 4.69) is 30.5 Å². The molecule has 3 heterocycles. The number of carbonyl (C=O) groups is 1. The van der Waals surface area contributed by atoms with Crippen molar-refractivity contribution in [3.63, 3.8) is 0 Å². The number of anilines is 4. The van der Waals surface area contributed by atoms with Gasteiger partial charge in [0.15, 0.2) is 0 Å². The molecule has 0 unspecified atom stereocenters. The number of hydrogen-bond acceptors (Lipinski definition) is 7. The minimum absolute atomic E-state index is 0.129. The van der Waals surface area contributed by atoms with Crippen LogP contribution in [0.1, 0.15) is 39.0 Å². The van der Waals surface area contributed by atoms with Crippen molar-refractivity contribution in [2.24, 2.45) is 0 Å². The molecule has 0 spiro atoms. The number of benzene rings is 1. The van der Waals surface area contributed by atoms with Crippen LogP contribution < -0.4 is 15.5 Å². The second-order valence-corrected chi connectivity index (χ2v) is 8.36. The molecule has 0 atom stereocenters. The summed E-state index contributed by atoms with van der Waals surface area (Å²) in [6.45, 7) is 7.75. The Balaban J connectivity index is 1.44. The summed E-state index contributed by atoms with van der Waals surface area (Å²) in [6, 6.07) is 9.58. The van der Waals surface area contributed by atoms with Crippen LogP contribution in [0.4, 0.5) is 23.0 Å². The Bertz CT molecular complexity index is 1020. The van der Waals surface area contributed by atoms with Crippen LogP contribution >= 0.6 is 11.3 Å². The zero-order valence-electron chi connectivity index (χ0n) is 16.8. The highest BCUT2D eigenvalue weighted by Gasteiger charge is 2.16. The van der Waals surface area contributed by atoms with Crippen LogP contribution in [-0.2, 0) is 0 Å². The molecule has 2 N–H and O–H groups in total. The standard InChI is InChI=1S/C21H24N6OS/c1-13-20(29-15(3)22-13)21(28)26-17-8-6-16(7-9-17)25-18-12-19(24-14(2)23-18)27-10-4-5-11-27/h6-9,12H,4-5,10-11H2,1-3H3,(H,26,28)(H,23,24,25). The fourth-order valence-corrected chi connectivity index (χ4v) is 4.25. The van der Waals surface area contributed by atoms with Crippen LogP contribution in [-0.4, -0.2) is 33.9 Å². The molecule has 1 aromatic carbocycles. The fraction of sp³-hybridized carbons (Fsp3) is 0.333. The zero-order valence-corrected chi connectivity index (χ0v) is 17.6. The molecule has 4 rings (SSSR count). The number of rotatable bonds is 5. The Hall–Kier alpha value is -3.00. The minimum atomic E-state index is -0.129. The maximum atomic E-state index is 12.4. The molecule has 0 bridgehead atoms. The second kappa shape index (κ2) is 8.16. The van der Waals surface area contributed by atoms with Crippen LogP contribution in [0.3, 0.4) is 0 Å². The van der Waals surface area contributed by atoms with E-state index in [9.17, 15) is 4.79 Å². The number of thiazole rings is 1. The SMILES string of the molecule is Cc1nc(Nc2ccc(NC(=O)c3sc(C)nc3C)cc2)cc(N2CCCC2)n1. The molecule has 0 radical (unpaired) electrons. The smallest absolute Gasteiger partial charge is 0.267 e. The molecule has 1 aliphatic heterocycles. The van der Waals surface area contributed by atoms with Crippen molar-refractivity contribution in [2.45, 2.75) is 33.6 Å². The summed E-state index contributed by atoms with van der Waals surface area (Å²) in [5.74, 6) is 2.36. The highest BCUT2D eigenvalue weighted by Crippen LogP contribution is 2.24.